The average molecular weight is 438 g/mol. The number of thioether (sulfide) groups is 1. The number of ether oxygens (including phenoxy) is 1. The molecule has 8 nitrogen and oxygen atoms in total. The molecule has 4 rings (SSSR count). The fraction of sp³-hybridized carbons (Fsp3) is 0.353. The van der Waals surface area contributed by atoms with E-state index in [9.17, 15) is 8.42 Å². The number of aromatic nitrogens is 4. The fourth-order valence-electron chi connectivity index (χ4n) is 2.83. The Kier molecular flexibility index (Phi) is 6.07. The molecule has 3 heterocycles. The molecule has 1 aliphatic heterocycles. The summed E-state index contributed by atoms with van der Waals surface area (Å²) in [5.74, 6) is 0.581. The van der Waals surface area contributed by atoms with Crippen LogP contribution >= 0.6 is 23.1 Å². The molecule has 0 saturated carbocycles. The van der Waals surface area contributed by atoms with E-state index in [1.54, 1.807) is 34.2 Å². The second-order valence-corrected chi connectivity index (χ2v) is 10.1. The highest BCUT2D eigenvalue weighted by molar-refractivity contribution is 7.98. The van der Waals surface area contributed by atoms with Gasteiger partial charge in [0.2, 0.25) is 15.2 Å². The van der Waals surface area contributed by atoms with E-state index in [0.29, 0.717) is 48.7 Å². The third-order valence-corrected chi connectivity index (χ3v) is 8.04. The van der Waals surface area contributed by atoms with Crippen LogP contribution in [-0.4, -0.2) is 59.2 Å². The van der Waals surface area contributed by atoms with Gasteiger partial charge in [0, 0.05) is 23.7 Å². The lowest BCUT2D eigenvalue weighted by atomic mass is 10.2. The summed E-state index contributed by atoms with van der Waals surface area (Å²) < 4.78 is 34.1. The van der Waals surface area contributed by atoms with Crippen molar-refractivity contribution in [2.75, 3.05) is 26.3 Å². The van der Waals surface area contributed by atoms with Crippen molar-refractivity contribution in [3.8, 4) is 0 Å². The second-order valence-electron chi connectivity index (χ2n) is 6.15. The Morgan fingerprint density at radius 3 is 2.82 bits per heavy atom. The smallest absolute Gasteiger partial charge is 0.243 e. The maximum atomic E-state index is 12.8. The molecule has 1 saturated heterocycles. The van der Waals surface area contributed by atoms with Crippen molar-refractivity contribution in [1.82, 2.24) is 24.5 Å². The zero-order chi connectivity index (χ0) is 19.4. The maximum absolute atomic E-state index is 12.8. The van der Waals surface area contributed by atoms with Gasteiger partial charge in [-0.25, -0.2) is 13.1 Å². The highest BCUT2D eigenvalue weighted by Crippen LogP contribution is 2.24. The molecule has 1 fully saturated rings. The number of tetrazole rings is 1. The molecule has 0 unspecified atom stereocenters. The maximum Gasteiger partial charge on any atom is 0.243 e. The van der Waals surface area contributed by atoms with Gasteiger partial charge in [-0.1, -0.05) is 30.0 Å². The zero-order valence-corrected chi connectivity index (χ0v) is 17.4. The predicted octanol–water partition coefficient (Wildman–Crippen LogP) is 2.10. The van der Waals surface area contributed by atoms with Crippen molar-refractivity contribution in [2.24, 2.45) is 0 Å². The quantitative estimate of drug-likeness (QED) is 0.523. The van der Waals surface area contributed by atoms with E-state index < -0.39 is 10.0 Å². The van der Waals surface area contributed by atoms with Crippen LogP contribution in [0.1, 0.15) is 10.4 Å². The molecule has 11 heteroatoms. The first-order chi connectivity index (χ1) is 13.6. The van der Waals surface area contributed by atoms with Crippen LogP contribution in [0, 0.1) is 0 Å². The van der Waals surface area contributed by atoms with E-state index >= 15 is 0 Å². The molecular formula is C17H19N5O3S3. The van der Waals surface area contributed by atoms with Crippen LogP contribution in [0.2, 0.25) is 0 Å². The number of hydrogen-bond acceptors (Lipinski definition) is 8. The van der Waals surface area contributed by atoms with E-state index in [0.717, 1.165) is 5.56 Å². The van der Waals surface area contributed by atoms with Crippen molar-refractivity contribution in [3.05, 3.63) is 52.2 Å². The first kappa shape index (κ1) is 19.5. The Labute approximate surface area is 171 Å². The molecular weight excluding hydrogens is 418 g/mol. The molecule has 0 spiro atoms. The monoisotopic (exact) mass is 437 g/mol. The third kappa shape index (κ3) is 4.44. The van der Waals surface area contributed by atoms with Crippen molar-refractivity contribution >= 4 is 33.1 Å². The summed E-state index contributed by atoms with van der Waals surface area (Å²) in [6.45, 7) is 2.26. The molecule has 0 aliphatic carbocycles. The van der Waals surface area contributed by atoms with Gasteiger partial charge in [-0.2, -0.15) is 4.31 Å². The van der Waals surface area contributed by atoms with Crippen LogP contribution in [-0.2, 0) is 27.1 Å². The minimum absolute atomic E-state index is 0.311. The molecule has 0 atom stereocenters. The molecule has 0 N–H and O–H groups in total. The number of morpholine rings is 1. The zero-order valence-electron chi connectivity index (χ0n) is 15.0. The fourth-order valence-corrected chi connectivity index (χ4v) is 5.81. The lowest BCUT2D eigenvalue weighted by molar-refractivity contribution is 0.0730. The largest absolute Gasteiger partial charge is 0.379 e. The van der Waals surface area contributed by atoms with E-state index in [1.807, 2.05) is 23.6 Å². The molecule has 2 aromatic heterocycles. The first-order valence-electron chi connectivity index (χ1n) is 8.71. The van der Waals surface area contributed by atoms with Gasteiger partial charge in [-0.15, -0.1) is 16.4 Å². The van der Waals surface area contributed by atoms with Crippen LogP contribution in [0.3, 0.4) is 0 Å². The normalized spacial score (nSPS) is 15.7. The topological polar surface area (TPSA) is 90.2 Å². The van der Waals surface area contributed by atoms with Crippen LogP contribution in [0.5, 0.6) is 0 Å². The van der Waals surface area contributed by atoms with Gasteiger partial charge in [0.1, 0.15) is 0 Å². The van der Waals surface area contributed by atoms with Gasteiger partial charge < -0.3 is 4.74 Å². The first-order valence-corrected chi connectivity index (χ1v) is 12.0. The minimum Gasteiger partial charge on any atom is -0.379 e. The molecule has 0 bridgehead atoms. The highest BCUT2D eigenvalue weighted by atomic mass is 32.2. The summed E-state index contributed by atoms with van der Waals surface area (Å²) in [5, 5.41) is 14.6. The molecule has 0 radical (unpaired) electrons. The summed E-state index contributed by atoms with van der Waals surface area (Å²) in [5.41, 5.74) is 0.907. The van der Waals surface area contributed by atoms with Gasteiger partial charge in [0.25, 0.3) is 0 Å². The second kappa shape index (κ2) is 8.70. The van der Waals surface area contributed by atoms with Crippen molar-refractivity contribution in [2.45, 2.75) is 22.3 Å². The van der Waals surface area contributed by atoms with Gasteiger partial charge >= 0.3 is 0 Å². The summed E-state index contributed by atoms with van der Waals surface area (Å²) in [6, 6.07) is 11.1. The molecule has 0 amide bonds. The van der Waals surface area contributed by atoms with E-state index in [-0.39, 0.29) is 0 Å². The van der Waals surface area contributed by atoms with E-state index in [2.05, 4.69) is 15.5 Å². The summed E-state index contributed by atoms with van der Waals surface area (Å²) >= 11 is 3.14. The van der Waals surface area contributed by atoms with Gasteiger partial charge in [0.05, 0.1) is 24.7 Å². The van der Waals surface area contributed by atoms with Crippen LogP contribution in [0.15, 0.2) is 51.8 Å². The Hall–Kier alpha value is -1.79. The Morgan fingerprint density at radius 2 is 2.04 bits per heavy atom. The van der Waals surface area contributed by atoms with Crippen molar-refractivity contribution in [3.63, 3.8) is 0 Å². The van der Waals surface area contributed by atoms with Crippen molar-refractivity contribution in [1.29, 1.82) is 0 Å². The number of benzene rings is 1. The Bertz CT molecular complexity index is 1010. The van der Waals surface area contributed by atoms with E-state index in [4.69, 9.17) is 4.74 Å². The van der Waals surface area contributed by atoms with Crippen LogP contribution < -0.4 is 0 Å². The summed E-state index contributed by atoms with van der Waals surface area (Å²) in [6.07, 6.45) is 0. The summed E-state index contributed by atoms with van der Waals surface area (Å²) in [4.78, 5) is 1.48. The van der Waals surface area contributed by atoms with Crippen LogP contribution in [0.4, 0.5) is 0 Å². The molecule has 3 aromatic rings. The molecule has 1 aliphatic rings. The number of nitrogens with zero attached hydrogens (tertiary/aromatic N) is 5. The van der Waals surface area contributed by atoms with Gasteiger partial charge in [-0.3, -0.25) is 0 Å². The highest BCUT2D eigenvalue weighted by Gasteiger charge is 2.26. The number of sulfonamides is 1. The average Bonchev–Trinajstić information content (AvgIpc) is 3.40. The van der Waals surface area contributed by atoms with Crippen LogP contribution in [0.25, 0.3) is 0 Å². The van der Waals surface area contributed by atoms with E-state index in [1.165, 1.54) is 20.9 Å². The lowest BCUT2D eigenvalue weighted by Crippen LogP contribution is -2.40. The third-order valence-electron chi connectivity index (χ3n) is 4.26. The minimum atomic E-state index is -3.50. The molecule has 148 valence electrons. The number of thiophene rings is 1. The Morgan fingerprint density at radius 1 is 1.18 bits per heavy atom. The number of hydrogen-bond donors (Lipinski definition) is 0. The van der Waals surface area contributed by atoms with Crippen molar-refractivity contribution < 1.29 is 13.2 Å². The Balaban J connectivity index is 1.45. The standard InChI is InChI=1S/C17H19N5O3S3/c23-28(24,21-6-8-25-9-7-21)16-5-1-3-14(11-16)13-27-17-18-19-20-22(17)12-15-4-2-10-26-15/h1-5,10-11H,6-9,12-13H2. The summed E-state index contributed by atoms with van der Waals surface area (Å²) in [7, 11) is -3.50. The number of rotatable bonds is 7. The van der Waals surface area contributed by atoms with Gasteiger partial charge in [-0.05, 0) is 39.6 Å². The SMILES string of the molecule is O=S(=O)(c1cccc(CSc2nnnn2Cc2cccs2)c1)N1CCOCC1. The predicted molar refractivity (Wildman–Crippen MR) is 107 cm³/mol. The molecule has 1 aromatic carbocycles. The lowest BCUT2D eigenvalue weighted by Gasteiger charge is -2.26. The van der Waals surface area contributed by atoms with Gasteiger partial charge in [0.15, 0.2) is 0 Å². The molecule has 28 heavy (non-hydrogen) atoms.